The first kappa shape index (κ1) is 16.9. The summed E-state index contributed by atoms with van der Waals surface area (Å²) in [6, 6.07) is 16.1. The number of nitrogens with one attached hydrogen (secondary N) is 1. The lowest BCUT2D eigenvalue weighted by Crippen LogP contribution is -2.25. The fourth-order valence-corrected chi connectivity index (χ4v) is 3.69. The monoisotopic (exact) mass is 333 g/mol. The van der Waals surface area contributed by atoms with Crippen LogP contribution in [0.25, 0.3) is 0 Å². The van der Waals surface area contributed by atoms with Crippen molar-refractivity contribution in [2.75, 3.05) is 5.32 Å². The molecule has 0 amide bonds. The van der Waals surface area contributed by atoms with Crippen LogP contribution in [0.3, 0.4) is 0 Å². The lowest BCUT2D eigenvalue weighted by atomic mass is 9.93. The van der Waals surface area contributed by atoms with Gasteiger partial charge in [0.2, 0.25) is 0 Å². The number of halogens is 3. The Morgan fingerprint density at radius 2 is 1.62 bits per heavy atom. The maximum absolute atomic E-state index is 12.7. The van der Waals surface area contributed by atoms with Crippen LogP contribution in [0.15, 0.2) is 54.6 Å². The van der Waals surface area contributed by atoms with Gasteiger partial charge in [-0.3, -0.25) is 0 Å². The van der Waals surface area contributed by atoms with E-state index in [1.807, 2.05) is 18.2 Å². The third kappa shape index (κ3) is 4.11. The second kappa shape index (κ2) is 6.88. The minimum atomic E-state index is -4.27. The summed E-state index contributed by atoms with van der Waals surface area (Å²) in [4.78, 5) is 0. The Labute approximate surface area is 140 Å². The molecule has 0 radical (unpaired) electrons. The van der Waals surface area contributed by atoms with Crippen molar-refractivity contribution in [3.8, 4) is 0 Å². The average molecular weight is 333 g/mol. The lowest BCUT2D eigenvalue weighted by molar-refractivity contribution is -0.137. The van der Waals surface area contributed by atoms with Crippen LogP contribution >= 0.6 is 0 Å². The highest BCUT2D eigenvalue weighted by atomic mass is 19.4. The Hall–Kier alpha value is -1.97. The van der Waals surface area contributed by atoms with Gasteiger partial charge in [-0.15, -0.1) is 0 Å². The SMILES string of the molecule is CC1CC(Cc2ccc(C(F)(F)F)cc2)C(Nc2ccccc2)C1. The van der Waals surface area contributed by atoms with Crippen LogP contribution in [0, 0.1) is 11.8 Å². The van der Waals surface area contributed by atoms with Crippen molar-refractivity contribution in [3.05, 3.63) is 65.7 Å². The van der Waals surface area contributed by atoms with E-state index < -0.39 is 11.7 Å². The third-order valence-electron chi connectivity index (χ3n) is 4.84. The summed E-state index contributed by atoms with van der Waals surface area (Å²) < 4.78 is 38.0. The number of benzene rings is 2. The molecule has 0 heterocycles. The first-order valence-electron chi connectivity index (χ1n) is 8.39. The van der Waals surface area contributed by atoms with Gasteiger partial charge >= 0.3 is 6.18 Å². The molecule has 24 heavy (non-hydrogen) atoms. The van der Waals surface area contributed by atoms with Crippen LogP contribution in [0.5, 0.6) is 0 Å². The first-order chi connectivity index (χ1) is 11.4. The van der Waals surface area contributed by atoms with E-state index in [9.17, 15) is 13.2 Å². The number of hydrogen-bond donors (Lipinski definition) is 1. The second-order valence-corrected chi connectivity index (χ2v) is 6.85. The lowest BCUT2D eigenvalue weighted by Gasteiger charge is -2.22. The summed E-state index contributed by atoms with van der Waals surface area (Å²) in [5, 5.41) is 3.60. The number of anilines is 1. The number of para-hydroxylation sites is 1. The quantitative estimate of drug-likeness (QED) is 0.748. The minimum absolute atomic E-state index is 0.365. The molecule has 1 fully saturated rings. The Balaban J connectivity index is 1.68. The van der Waals surface area contributed by atoms with Gasteiger partial charge in [-0.25, -0.2) is 0 Å². The summed E-state index contributed by atoms with van der Waals surface area (Å²) in [6.45, 7) is 2.24. The van der Waals surface area contributed by atoms with E-state index in [2.05, 4.69) is 24.4 Å². The molecule has 4 heteroatoms. The van der Waals surface area contributed by atoms with Crippen LogP contribution in [0.4, 0.5) is 18.9 Å². The van der Waals surface area contributed by atoms with Gasteiger partial charge in [-0.1, -0.05) is 37.3 Å². The molecule has 1 N–H and O–H groups in total. The van der Waals surface area contributed by atoms with Crippen molar-refractivity contribution >= 4 is 5.69 Å². The van der Waals surface area contributed by atoms with Crippen molar-refractivity contribution in [2.45, 2.75) is 38.4 Å². The fourth-order valence-electron chi connectivity index (χ4n) is 3.69. The molecule has 3 atom stereocenters. The molecule has 0 saturated heterocycles. The van der Waals surface area contributed by atoms with Gasteiger partial charge in [0.25, 0.3) is 0 Å². The van der Waals surface area contributed by atoms with Gasteiger partial charge in [0.1, 0.15) is 0 Å². The largest absolute Gasteiger partial charge is 0.416 e. The van der Waals surface area contributed by atoms with E-state index in [1.165, 1.54) is 12.1 Å². The van der Waals surface area contributed by atoms with Gasteiger partial charge < -0.3 is 5.32 Å². The van der Waals surface area contributed by atoms with Crippen molar-refractivity contribution in [3.63, 3.8) is 0 Å². The second-order valence-electron chi connectivity index (χ2n) is 6.85. The maximum Gasteiger partial charge on any atom is 0.416 e. The van der Waals surface area contributed by atoms with E-state index in [4.69, 9.17) is 0 Å². The molecule has 0 spiro atoms. The van der Waals surface area contributed by atoms with Crippen LogP contribution in [0.2, 0.25) is 0 Å². The molecule has 1 nitrogen and oxygen atoms in total. The Morgan fingerprint density at radius 3 is 2.25 bits per heavy atom. The molecule has 0 aromatic heterocycles. The average Bonchev–Trinajstić information content (AvgIpc) is 2.87. The Morgan fingerprint density at radius 1 is 0.958 bits per heavy atom. The van der Waals surface area contributed by atoms with Gasteiger partial charge in [0.15, 0.2) is 0 Å². The van der Waals surface area contributed by atoms with E-state index >= 15 is 0 Å². The van der Waals surface area contributed by atoms with Crippen molar-refractivity contribution < 1.29 is 13.2 Å². The Bertz CT molecular complexity index is 649. The van der Waals surface area contributed by atoms with Crippen LogP contribution < -0.4 is 5.32 Å². The van der Waals surface area contributed by atoms with E-state index in [1.54, 1.807) is 12.1 Å². The standard InChI is InChI=1S/C20H22F3N/c1-14-11-16(19(12-14)24-18-5-3-2-4-6-18)13-15-7-9-17(10-8-15)20(21,22)23/h2-10,14,16,19,24H,11-13H2,1H3. The fraction of sp³-hybridized carbons (Fsp3) is 0.400. The molecule has 1 aliphatic carbocycles. The zero-order valence-corrected chi connectivity index (χ0v) is 13.7. The summed E-state index contributed by atoms with van der Waals surface area (Å²) in [5.41, 5.74) is 1.50. The maximum atomic E-state index is 12.7. The molecule has 3 rings (SSSR count). The van der Waals surface area contributed by atoms with E-state index in [-0.39, 0.29) is 0 Å². The predicted octanol–water partition coefficient (Wildman–Crippen LogP) is 5.77. The molecule has 2 aromatic rings. The van der Waals surface area contributed by atoms with Crippen molar-refractivity contribution in [1.29, 1.82) is 0 Å². The molecule has 2 aromatic carbocycles. The van der Waals surface area contributed by atoms with Gasteiger partial charge in [-0.2, -0.15) is 13.2 Å². The highest BCUT2D eigenvalue weighted by Crippen LogP contribution is 2.36. The summed E-state index contributed by atoms with van der Waals surface area (Å²) >= 11 is 0. The molecule has 0 bridgehead atoms. The van der Waals surface area contributed by atoms with Gasteiger partial charge in [0, 0.05) is 11.7 Å². The summed E-state index contributed by atoms with van der Waals surface area (Å²) in [5.74, 6) is 1.07. The van der Waals surface area contributed by atoms with Crippen LogP contribution in [0.1, 0.15) is 30.9 Å². The van der Waals surface area contributed by atoms with Crippen molar-refractivity contribution in [1.82, 2.24) is 0 Å². The number of alkyl halides is 3. The van der Waals surface area contributed by atoms with Crippen LogP contribution in [-0.4, -0.2) is 6.04 Å². The molecule has 1 aliphatic rings. The highest BCUT2D eigenvalue weighted by molar-refractivity contribution is 5.44. The van der Waals surface area contributed by atoms with Crippen molar-refractivity contribution in [2.24, 2.45) is 11.8 Å². The molecular formula is C20H22F3N. The van der Waals surface area contributed by atoms with Crippen LogP contribution in [-0.2, 0) is 12.6 Å². The molecule has 3 unspecified atom stereocenters. The van der Waals surface area contributed by atoms with Gasteiger partial charge in [-0.05, 0) is 60.9 Å². The molecule has 0 aliphatic heterocycles. The Kier molecular flexibility index (Phi) is 4.83. The molecule has 1 saturated carbocycles. The summed E-state index contributed by atoms with van der Waals surface area (Å²) in [7, 11) is 0. The molecular weight excluding hydrogens is 311 g/mol. The normalized spacial score (nSPS) is 24.1. The molecule has 128 valence electrons. The number of rotatable bonds is 4. The van der Waals surface area contributed by atoms with Gasteiger partial charge in [0.05, 0.1) is 5.56 Å². The number of hydrogen-bond acceptors (Lipinski definition) is 1. The van der Waals surface area contributed by atoms with E-state index in [0.717, 1.165) is 30.5 Å². The smallest absolute Gasteiger partial charge is 0.382 e. The zero-order chi connectivity index (χ0) is 17.2. The predicted molar refractivity (Wildman–Crippen MR) is 90.9 cm³/mol. The highest BCUT2D eigenvalue weighted by Gasteiger charge is 2.33. The first-order valence-corrected chi connectivity index (χ1v) is 8.39. The summed E-state index contributed by atoms with van der Waals surface area (Å²) in [6.07, 6.45) is -1.25. The third-order valence-corrected chi connectivity index (χ3v) is 4.84. The van der Waals surface area contributed by atoms with E-state index in [0.29, 0.717) is 17.9 Å². The topological polar surface area (TPSA) is 12.0 Å². The zero-order valence-electron chi connectivity index (χ0n) is 13.7. The minimum Gasteiger partial charge on any atom is -0.382 e.